The van der Waals surface area contributed by atoms with Gasteiger partial charge in [0.05, 0.1) is 11.0 Å². The van der Waals surface area contributed by atoms with Gasteiger partial charge in [-0.3, -0.25) is 14.9 Å². The third-order valence-electron chi connectivity index (χ3n) is 3.23. The molecule has 162 valence electrons. The molecule has 0 aliphatic heterocycles. The summed E-state index contributed by atoms with van der Waals surface area (Å²) in [6.45, 7) is 5.45. The van der Waals surface area contributed by atoms with Crippen LogP contribution in [0, 0.1) is 0 Å². The highest BCUT2D eigenvalue weighted by Crippen LogP contribution is 2.15. The first-order chi connectivity index (χ1) is 13.2. The molecule has 0 aliphatic carbocycles. The Bertz CT molecular complexity index is 849. The molecule has 0 bridgehead atoms. The van der Waals surface area contributed by atoms with Gasteiger partial charge in [-0.1, -0.05) is 11.6 Å². The van der Waals surface area contributed by atoms with E-state index in [1.54, 1.807) is 20.8 Å². The fourth-order valence-electron chi connectivity index (χ4n) is 1.95. The SMILES string of the molecule is C[C@H](O)[C@@H](NS(=O)(=O)c1ccc(Cl)cc1)C(=O)OCC(=O)NC(=O)NC(C)(C)C. The van der Waals surface area contributed by atoms with Crippen LogP contribution >= 0.6 is 11.6 Å². The lowest BCUT2D eigenvalue weighted by Gasteiger charge is -2.21. The Kier molecular flexibility index (Phi) is 8.57. The number of aliphatic hydroxyl groups is 1. The number of carbonyl (C=O) groups is 3. The van der Waals surface area contributed by atoms with E-state index in [4.69, 9.17) is 16.3 Å². The van der Waals surface area contributed by atoms with E-state index in [2.05, 4.69) is 5.32 Å². The number of rotatable bonds is 7. The summed E-state index contributed by atoms with van der Waals surface area (Å²) in [5, 5.41) is 14.5. The van der Waals surface area contributed by atoms with E-state index in [1.807, 2.05) is 10.0 Å². The topological polar surface area (TPSA) is 151 Å². The van der Waals surface area contributed by atoms with Crippen LogP contribution in [0.3, 0.4) is 0 Å². The number of esters is 1. The largest absolute Gasteiger partial charge is 0.454 e. The quantitative estimate of drug-likeness (QED) is 0.443. The Morgan fingerprint density at radius 1 is 1.17 bits per heavy atom. The maximum Gasteiger partial charge on any atom is 0.327 e. The van der Waals surface area contributed by atoms with Gasteiger partial charge in [-0.15, -0.1) is 0 Å². The molecule has 29 heavy (non-hydrogen) atoms. The smallest absolute Gasteiger partial charge is 0.327 e. The molecule has 0 spiro atoms. The summed E-state index contributed by atoms with van der Waals surface area (Å²) in [4.78, 5) is 35.3. The van der Waals surface area contributed by atoms with E-state index in [0.717, 1.165) is 0 Å². The minimum absolute atomic E-state index is 0.183. The van der Waals surface area contributed by atoms with Crippen LogP contribution in [0.4, 0.5) is 4.79 Å². The van der Waals surface area contributed by atoms with Gasteiger partial charge in [-0.05, 0) is 52.0 Å². The van der Waals surface area contributed by atoms with E-state index in [1.165, 1.54) is 31.2 Å². The monoisotopic (exact) mass is 449 g/mol. The number of halogens is 1. The van der Waals surface area contributed by atoms with Crippen molar-refractivity contribution in [2.75, 3.05) is 6.61 Å². The predicted octanol–water partition coefficient (Wildman–Crippen LogP) is 0.535. The summed E-state index contributed by atoms with van der Waals surface area (Å²) in [5.74, 6) is -2.12. The van der Waals surface area contributed by atoms with Gasteiger partial charge in [-0.2, -0.15) is 4.72 Å². The lowest BCUT2D eigenvalue weighted by Crippen LogP contribution is -2.51. The molecule has 0 saturated heterocycles. The zero-order valence-corrected chi connectivity index (χ0v) is 17.9. The first-order valence-electron chi connectivity index (χ1n) is 8.46. The van der Waals surface area contributed by atoms with Crippen molar-refractivity contribution in [3.8, 4) is 0 Å². The van der Waals surface area contributed by atoms with Crippen LogP contribution < -0.4 is 15.4 Å². The van der Waals surface area contributed by atoms with Crippen LogP contribution in [0.25, 0.3) is 0 Å². The molecular weight excluding hydrogens is 426 g/mol. The average Bonchev–Trinajstić information content (AvgIpc) is 2.56. The van der Waals surface area contributed by atoms with Gasteiger partial charge in [0, 0.05) is 10.6 Å². The van der Waals surface area contributed by atoms with Crippen molar-refractivity contribution >= 4 is 39.5 Å². The maximum atomic E-state index is 12.4. The highest BCUT2D eigenvalue weighted by molar-refractivity contribution is 7.89. The molecule has 2 atom stereocenters. The van der Waals surface area contributed by atoms with E-state index < -0.39 is 52.2 Å². The Hall–Kier alpha value is -2.21. The van der Waals surface area contributed by atoms with E-state index >= 15 is 0 Å². The molecule has 0 aromatic heterocycles. The summed E-state index contributed by atoms with van der Waals surface area (Å²) in [6, 6.07) is 2.67. The first-order valence-corrected chi connectivity index (χ1v) is 10.3. The predicted molar refractivity (Wildman–Crippen MR) is 105 cm³/mol. The van der Waals surface area contributed by atoms with Crippen molar-refractivity contribution in [3.05, 3.63) is 29.3 Å². The summed E-state index contributed by atoms with van der Waals surface area (Å²) in [7, 11) is -4.18. The molecule has 0 aliphatic rings. The van der Waals surface area contributed by atoms with Crippen molar-refractivity contribution in [1.82, 2.24) is 15.4 Å². The zero-order valence-electron chi connectivity index (χ0n) is 16.4. The molecular formula is C17H24ClN3O7S. The standard InChI is InChI=1S/C17H24ClN3O7S/c1-10(22)14(21-29(26,27)12-7-5-11(18)6-8-12)15(24)28-9-13(23)19-16(25)20-17(2,3)4/h5-8,10,14,21-22H,9H2,1-4H3,(H2,19,20,23,25)/t10-,14+/m0/s1. The Morgan fingerprint density at radius 3 is 2.21 bits per heavy atom. The van der Waals surface area contributed by atoms with Crippen molar-refractivity contribution in [2.45, 2.75) is 50.3 Å². The van der Waals surface area contributed by atoms with Crippen LogP contribution in [0.15, 0.2) is 29.2 Å². The van der Waals surface area contributed by atoms with Gasteiger partial charge in [0.15, 0.2) is 6.61 Å². The number of carbonyl (C=O) groups excluding carboxylic acids is 3. The summed E-state index contributed by atoms with van der Waals surface area (Å²) < 4.78 is 31.5. The molecule has 1 aromatic rings. The number of urea groups is 1. The number of imide groups is 1. The summed E-state index contributed by atoms with van der Waals surface area (Å²) >= 11 is 5.71. The van der Waals surface area contributed by atoms with E-state index in [0.29, 0.717) is 5.02 Å². The van der Waals surface area contributed by atoms with Gasteiger partial charge in [0.2, 0.25) is 10.0 Å². The highest BCUT2D eigenvalue weighted by atomic mass is 35.5. The fraction of sp³-hybridized carbons (Fsp3) is 0.471. The van der Waals surface area contributed by atoms with Gasteiger partial charge in [0.1, 0.15) is 6.04 Å². The zero-order chi connectivity index (χ0) is 22.4. The van der Waals surface area contributed by atoms with Crippen LogP contribution in [0.2, 0.25) is 5.02 Å². The Labute approximate surface area is 174 Å². The average molecular weight is 450 g/mol. The first kappa shape index (κ1) is 24.8. The normalized spacial score (nSPS) is 13.9. The third-order valence-corrected chi connectivity index (χ3v) is 4.94. The lowest BCUT2D eigenvalue weighted by atomic mass is 10.1. The number of aliphatic hydroxyl groups excluding tert-OH is 1. The number of benzene rings is 1. The lowest BCUT2D eigenvalue weighted by molar-refractivity contribution is -0.152. The Balaban J connectivity index is 2.72. The molecule has 10 nitrogen and oxygen atoms in total. The molecule has 0 heterocycles. The molecule has 0 saturated carbocycles. The minimum Gasteiger partial charge on any atom is -0.454 e. The van der Waals surface area contributed by atoms with Gasteiger partial charge >= 0.3 is 12.0 Å². The van der Waals surface area contributed by atoms with Crippen LogP contribution in [0.1, 0.15) is 27.7 Å². The molecule has 12 heteroatoms. The van der Waals surface area contributed by atoms with Gasteiger partial charge in [0.25, 0.3) is 5.91 Å². The molecule has 3 amide bonds. The number of hydrogen-bond acceptors (Lipinski definition) is 7. The fourth-order valence-corrected chi connectivity index (χ4v) is 3.34. The summed E-state index contributed by atoms with van der Waals surface area (Å²) in [6.07, 6.45) is -1.46. The van der Waals surface area contributed by atoms with Crippen molar-refractivity contribution in [1.29, 1.82) is 0 Å². The second kappa shape index (κ2) is 10.0. The van der Waals surface area contributed by atoms with Crippen LogP contribution in [-0.4, -0.2) is 55.7 Å². The van der Waals surface area contributed by atoms with Crippen LogP contribution in [-0.2, 0) is 24.3 Å². The van der Waals surface area contributed by atoms with Gasteiger partial charge < -0.3 is 15.2 Å². The number of sulfonamides is 1. The molecule has 1 rings (SSSR count). The van der Waals surface area contributed by atoms with Crippen molar-refractivity contribution in [3.63, 3.8) is 0 Å². The van der Waals surface area contributed by atoms with Crippen molar-refractivity contribution < 1.29 is 32.6 Å². The maximum absolute atomic E-state index is 12.4. The van der Waals surface area contributed by atoms with Crippen molar-refractivity contribution in [2.24, 2.45) is 0 Å². The third kappa shape index (κ3) is 8.77. The van der Waals surface area contributed by atoms with Crippen LogP contribution in [0.5, 0.6) is 0 Å². The van der Waals surface area contributed by atoms with Gasteiger partial charge in [-0.25, -0.2) is 13.2 Å². The number of nitrogens with one attached hydrogen (secondary N) is 3. The second-order valence-corrected chi connectivity index (χ2v) is 9.30. The molecule has 0 radical (unpaired) electrons. The molecule has 0 fully saturated rings. The second-order valence-electron chi connectivity index (χ2n) is 7.15. The highest BCUT2D eigenvalue weighted by Gasteiger charge is 2.31. The summed E-state index contributed by atoms with van der Waals surface area (Å²) in [5.41, 5.74) is -0.585. The number of hydrogen-bond donors (Lipinski definition) is 4. The van der Waals surface area contributed by atoms with E-state index in [9.17, 15) is 27.9 Å². The Morgan fingerprint density at radius 2 is 1.72 bits per heavy atom. The minimum atomic E-state index is -4.18. The molecule has 4 N–H and O–H groups in total. The number of amides is 3. The molecule has 0 unspecified atom stereocenters. The van der Waals surface area contributed by atoms with E-state index in [-0.39, 0.29) is 4.90 Å². The number of ether oxygens (including phenoxy) is 1. The molecule has 1 aromatic carbocycles.